The Morgan fingerprint density at radius 3 is 2.68 bits per heavy atom. The number of hydrogen-bond acceptors (Lipinski definition) is 11. The second-order valence-electron chi connectivity index (χ2n) is 10.4. The summed E-state index contributed by atoms with van der Waals surface area (Å²) >= 11 is 0. The highest BCUT2D eigenvalue weighted by Crippen LogP contribution is 2.50. The van der Waals surface area contributed by atoms with Crippen LogP contribution in [0.25, 0.3) is 11.5 Å². The second kappa shape index (κ2) is 12.5. The van der Waals surface area contributed by atoms with E-state index < -0.39 is 17.4 Å². The number of nitrogens with zero attached hydrogens (tertiary/aromatic N) is 4. The molecule has 12 heteroatoms. The van der Waals surface area contributed by atoms with Crippen molar-refractivity contribution in [2.45, 2.75) is 77.4 Å². The van der Waals surface area contributed by atoms with Gasteiger partial charge >= 0.3 is 0 Å². The lowest BCUT2D eigenvalue weighted by Gasteiger charge is -2.38. The van der Waals surface area contributed by atoms with E-state index in [1.807, 2.05) is 39.8 Å². The summed E-state index contributed by atoms with van der Waals surface area (Å²) in [7, 11) is 3.13. The van der Waals surface area contributed by atoms with Gasteiger partial charge in [-0.25, -0.2) is 4.98 Å². The molecule has 0 saturated carbocycles. The third kappa shape index (κ3) is 6.27. The molecule has 1 aliphatic carbocycles. The number of carbonyl (C=O) groups is 1. The van der Waals surface area contributed by atoms with Gasteiger partial charge in [-0.1, -0.05) is 44.5 Å². The normalized spacial score (nSPS) is 18.5. The van der Waals surface area contributed by atoms with Gasteiger partial charge < -0.3 is 33.9 Å². The topological polar surface area (TPSA) is 166 Å². The number of amides is 1. The maximum absolute atomic E-state index is 12.5. The highest BCUT2D eigenvalue weighted by atomic mass is 16.5. The molecule has 12 nitrogen and oxygen atoms in total. The van der Waals surface area contributed by atoms with E-state index in [2.05, 4.69) is 25.7 Å². The number of carbonyl (C=O) groups excluding carboxylic acids is 1. The number of methoxy groups -OCH3 is 2. The molecule has 0 radical (unpaired) electrons. The van der Waals surface area contributed by atoms with Crippen LogP contribution in [0.5, 0.6) is 11.6 Å². The minimum atomic E-state index is -0.883. The molecule has 0 bridgehead atoms. The first-order chi connectivity index (χ1) is 19.6. The van der Waals surface area contributed by atoms with Crippen LogP contribution >= 0.6 is 0 Å². The number of aromatic hydroxyl groups is 2. The van der Waals surface area contributed by atoms with E-state index in [9.17, 15) is 15.0 Å². The minimum absolute atomic E-state index is 0.00634. The van der Waals surface area contributed by atoms with Gasteiger partial charge in [0.05, 0.1) is 36.6 Å². The van der Waals surface area contributed by atoms with Crippen LogP contribution in [0.2, 0.25) is 0 Å². The first-order valence-corrected chi connectivity index (χ1v) is 13.6. The summed E-state index contributed by atoms with van der Waals surface area (Å²) in [5.74, 6) is -0.604. The summed E-state index contributed by atoms with van der Waals surface area (Å²) in [6.45, 7) is 8.06. The number of allylic oxidation sites excluding steroid dienone is 2. The smallest absolute Gasteiger partial charge is 0.256 e. The number of aryl methyl sites for hydroxylation is 1. The quantitative estimate of drug-likeness (QED) is 0.283. The average Bonchev–Trinajstić information content (AvgIpc) is 3.61. The van der Waals surface area contributed by atoms with Crippen LogP contribution in [0, 0.1) is 0 Å². The second-order valence-corrected chi connectivity index (χ2v) is 10.4. The molecule has 2 unspecified atom stereocenters. The van der Waals surface area contributed by atoms with Gasteiger partial charge in [-0.3, -0.25) is 4.79 Å². The van der Waals surface area contributed by atoms with Crippen LogP contribution in [-0.4, -0.2) is 56.3 Å². The van der Waals surface area contributed by atoms with Crippen LogP contribution in [-0.2, 0) is 33.7 Å². The van der Waals surface area contributed by atoms with E-state index in [-0.39, 0.29) is 47.9 Å². The van der Waals surface area contributed by atoms with Gasteiger partial charge in [0.15, 0.2) is 5.76 Å². The van der Waals surface area contributed by atoms with Crippen molar-refractivity contribution in [2.24, 2.45) is 0 Å². The summed E-state index contributed by atoms with van der Waals surface area (Å²) in [5, 5.41) is 37.2. The number of pyridine rings is 1. The zero-order valence-electron chi connectivity index (χ0n) is 24.2. The van der Waals surface area contributed by atoms with Crippen molar-refractivity contribution in [3.63, 3.8) is 0 Å². The molecule has 220 valence electrons. The monoisotopic (exact) mass is 567 g/mol. The molecule has 0 aliphatic heterocycles. The zero-order chi connectivity index (χ0) is 29.7. The number of nitrogens with one attached hydrogen (secondary N) is 1. The van der Waals surface area contributed by atoms with Crippen molar-refractivity contribution in [1.82, 2.24) is 25.7 Å². The Hall–Kier alpha value is -4.19. The molecule has 41 heavy (non-hydrogen) atoms. The molecule has 3 aromatic heterocycles. The molecule has 3 aromatic rings. The summed E-state index contributed by atoms with van der Waals surface area (Å²) in [4.78, 5) is 17.0. The van der Waals surface area contributed by atoms with Crippen molar-refractivity contribution in [3.05, 3.63) is 58.7 Å². The largest absolute Gasteiger partial charge is 0.507 e. The first kappa shape index (κ1) is 29.8. The summed E-state index contributed by atoms with van der Waals surface area (Å²) in [6.07, 6.45) is 7.45. The number of hydrogen-bond donors (Lipinski definition) is 3. The van der Waals surface area contributed by atoms with E-state index in [1.165, 1.54) is 0 Å². The average molecular weight is 568 g/mol. The van der Waals surface area contributed by atoms with E-state index in [1.54, 1.807) is 26.4 Å². The van der Waals surface area contributed by atoms with E-state index in [0.717, 1.165) is 18.5 Å². The van der Waals surface area contributed by atoms with Gasteiger partial charge in [0.1, 0.15) is 23.5 Å². The van der Waals surface area contributed by atoms with Crippen molar-refractivity contribution in [1.29, 1.82) is 0 Å². The van der Waals surface area contributed by atoms with Crippen molar-refractivity contribution in [2.75, 3.05) is 14.2 Å². The Morgan fingerprint density at radius 2 is 2.02 bits per heavy atom. The van der Waals surface area contributed by atoms with Crippen LogP contribution in [0.4, 0.5) is 0 Å². The number of unbranched alkanes of at least 4 members (excludes halogenated alkanes) is 1. The predicted octanol–water partition coefficient (Wildman–Crippen LogP) is 4.44. The van der Waals surface area contributed by atoms with Gasteiger partial charge in [0.25, 0.3) is 5.89 Å². The Bertz CT molecular complexity index is 1440. The molecule has 3 heterocycles. The van der Waals surface area contributed by atoms with Crippen molar-refractivity contribution in [3.8, 4) is 23.1 Å². The van der Waals surface area contributed by atoms with E-state index in [0.29, 0.717) is 29.2 Å². The molecule has 4 rings (SSSR count). The molecule has 2 atom stereocenters. The fraction of sp³-hybridized carbons (Fsp3) is 0.483. The van der Waals surface area contributed by atoms with Gasteiger partial charge in [-0.2, -0.15) is 0 Å². The maximum Gasteiger partial charge on any atom is 0.256 e. The summed E-state index contributed by atoms with van der Waals surface area (Å²) < 4.78 is 22.5. The lowest BCUT2D eigenvalue weighted by atomic mass is 9.76. The molecule has 1 aliphatic rings. The fourth-order valence-corrected chi connectivity index (χ4v) is 4.76. The highest BCUT2D eigenvalue weighted by molar-refractivity contribution is 5.78. The zero-order valence-corrected chi connectivity index (χ0v) is 24.2. The molecule has 3 N–H and O–H groups in total. The Morgan fingerprint density at radius 1 is 1.24 bits per heavy atom. The number of aromatic nitrogens is 4. The standard InChI is InChI=1S/C29H37N5O7/c1-7-8-10-18-23(25-20(38-5)11-9-12-29(25,4)39-6)26(36)24(27(37)31-18)28-33-32-22(40-28)14-21(35)30-15-17-13-19(16(2)3)34-41-17/h9,11-13,16,25H,7-8,10,14-15H2,1-6H3,(H,30,35)(H2,31,36,37). The highest BCUT2D eigenvalue weighted by Gasteiger charge is 2.43. The molecular formula is C29H37N5O7. The molecule has 0 saturated heterocycles. The molecule has 0 fully saturated rings. The molecular weight excluding hydrogens is 530 g/mol. The lowest BCUT2D eigenvalue weighted by molar-refractivity contribution is -0.121. The Labute approximate surface area is 238 Å². The van der Waals surface area contributed by atoms with Crippen LogP contribution < -0.4 is 5.32 Å². The maximum atomic E-state index is 12.5. The molecule has 0 spiro atoms. The third-order valence-electron chi connectivity index (χ3n) is 7.16. The predicted molar refractivity (Wildman–Crippen MR) is 148 cm³/mol. The third-order valence-corrected chi connectivity index (χ3v) is 7.16. The van der Waals surface area contributed by atoms with Crippen LogP contribution in [0.1, 0.15) is 81.0 Å². The first-order valence-electron chi connectivity index (χ1n) is 13.6. The Balaban J connectivity index is 1.64. The Kier molecular flexibility index (Phi) is 9.11. The van der Waals surface area contributed by atoms with E-state index >= 15 is 0 Å². The number of rotatable bonds is 12. The van der Waals surface area contributed by atoms with E-state index in [4.69, 9.17) is 18.4 Å². The minimum Gasteiger partial charge on any atom is -0.507 e. The lowest BCUT2D eigenvalue weighted by Crippen LogP contribution is -2.37. The SMILES string of the molecule is CCCCc1nc(O)c(-c2nnc(CC(=O)NCc3cc(C(C)C)no3)o2)c(O)c1C1C(OC)=CC=CC1(C)OC. The van der Waals surface area contributed by atoms with Gasteiger partial charge in [-0.05, 0) is 31.8 Å². The van der Waals surface area contributed by atoms with Crippen LogP contribution in [0.3, 0.4) is 0 Å². The fourth-order valence-electron chi connectivity index (χ4n) is 4.76. The van der Waals surface area contributed by atoms with Crippen molar-refractivity contribution < 1.29 is 33.4 Å². The number of ether oxygens (including phenoxy) is 2. The van der Waals surface area contributed by atoms with Crippen LogP contribution in [0.15, 0.2) is 39.0 Å². The van der Waals surface area contributed by atoms with Crippen molar-refractivity contribution >= 4 is 5.91 Å². The summed E-state index contributed by atoms with van der Waals surface area (Å²) in [5.41, 5.74) is 0.715. The summed E-state index contributed by atoms with van der Waals surface area (Å²) in [6, 6.07) is 1.79. The molecule has 1 amide bonds. The van der Waals surface area contributed by atoms with Gasteiger partial charge in [0, 0.05) is 18.7 Å². The van der Waals surface area contributed by atoms with Gasteiger partial charge in [-0.15, -0.1) is 10.2 Å². The van der Waals surface area contributed by atoms with Gasteiger partial charge in [0.2, 0.25) is 17.7 Å². The molecule has 0 aromatic carbocycles.